The van der Waals surface area contributed by atoms with Gasteiger partial charge in [0.1, 0.15) is 5.76 Å². The van der Waals surface area contributed by atoms with Crippen LogP contribution >= 0.6 is 0 Å². The lowest BCUT2D eigenvalue weighted by Crippen LogP contribution is -2.31. The first kappa shape index (κ1) is 14.5. The third-order valence-electron chi connectivity index (χ3n) is 3.74. The van der Waals surface area contributed by atoms with Gasteiger partial charge in [-0.3, -0.25) is 14.5 Å². The summed E-state index contributed by atoms with van der Waals surface area (Å²) in [6.07, 6.45) is 3.34. The van der Waals surface area contributed by atoms with Crippen molar-refractivity contribution in [3.05, 3.63) is 59.5 Å². The Morgan fingerprint density at radius 3 is 2.32 bits per heavy atom. The SMILES string of the molecule is O=C1c2ccccc2C(=O)N1CCCCNCc1ccco1. The smallest absolute Gasteiger partial charge is 0.261 e. The summed E-state index contributed by atoms with van der Waals surface area (Å²) in [6.45, 7) is 1.98. The molecule has 0 aliphatic carbocycles. The van der Waals surface area contributed by atoms with Crippen molar-refractivity contribution in [3.8, 4) is 0 Å². The molecule has 3 rings (SSSR count). The molecular formula is C17H18N2O3. The van der Waals surface area contributed by atoms with Gasteiger partial charge >= 0.3 is 0 Å². The maximum Gasteiger partial charge on any atom is 0.261 e. The van der Waals surface area contributed by atoms with Gasteiger partial charge < -0.3 is 9.73 Å². The first-order valence-electron chi connectivity index (χ1n) is 7.45. The summed E-state index contributed by atoms with van der Waals surface area (Å²) in [4.78, 5) is 25.7. The largest absolute Gasteiger partial charge is 0.468 e. The number of benzene rings is 1. The predicted molar refractivity (Wildman–Crippen MR) is 81.5 cm³/mol. The number of hydrogen-bond acceptors (Lipinski definition) is 4. The molecule has 0 radical (unpaired) electrons. The number of imide groups is 1. The van der Waals surface area contributed by atoms with E-state index in [0.29, 0.717) is 24.2 Å². The zero-order chi connectivity index (χ0) is 15.4. The van der Waals surface area contributed by atoms with Crippen LogP contribution in [0.3, 0.4) is 0 Å². The van der Waals surface area contributed by atoms with Gasteiger partial charge in [-0.05, 0) is 43.7 Å². The number of fused-ring (bicyclic) bond motifs is 1. The number of unbranched alkanes of at least 4 members (excludes halogenated alkanes) is 1. The van der Waals surface area contributed by atoms with E-state index in [1.165, 1.54) is 4.90 Å². The van der Waals surface area contributed by atoms with E-state index in [1.54, 1.807) is 30.5 Å². The predicted octanol–water partition coefficient (Wildman–Crippen LogP) is 2.45. The molecule has 22 heavy (non-hydrogen) atoms. The number of furan rings is 1. The molecule has 1 aliphatic rings. The Hall–Kier alpha value is -2.40. The monoisotopic (exact) mass is 298 g/mol. The van der Waals surface area contributed by atoms with Gasteiger partial charge in [-0.15, -0.1) is 0 Å². The molecular weight excluding hydrogens is 280 g/mol. The van der Waals surface area contributed by atoms with Gasteiger partial charge in [-0.2, -0.15) is 0 Å². The molecule has 0 bridgehead atoms. The molecule has 2 aromatic rings. The van der Waals surface area contributed by atoms with Crippen LogP contribution in [0.4, 0.5) is 0 Å². The minimum absolute atomic E-state index is 0.177. The Labute approximate surface area is 128 Å². The summed E-state index contributed by atoms with van der Waals surface area (Å²) >= 11 is 0. The molecule has 5 nitrogen and oxygen atoms in total. The number of carbonyl (C=O) groups excluding carboxylic acids is 2. The van der Waals surface area contributed by atoms with E-state index in [4.69, 9.17) is 4.42 Å². The highest BCUT2D eigenvalue weighted by atomic mass is 16.3. The van der Waals surface area contributed by atoms with E-state index in [-0.39, 0.29) is 11.8 Å². The van der Waals surface area contributed by atoms with E-state index in [0.717, 1.165) is 25.1 Å². The zero-order valence-electron chi connectivity index (χ0n) is 12.2. The molecule has 5 heteroatoms. The van der Waals surface area contributed by atoms with Gasteiger partial charge in [0, 0.05) is 6.54 Å². The molecule has 1 aromatic heterocycles. The van der Waals surface area contributed by atoms with Crippen LogP contribution in [0.25, 0.3) is 0 Å². The fourth-order valence-corrected chi connectivity index (χ4v) is 2.59. The molecule has 2 amide bonds. The van der Waals surface area contributed by atoms with Crippen LogP contribution in [0.15, 0.2) is 47.1 Å². The Balaban J connectivity index is 1.41. The second kappa shape index (κ2) is 6.58. The highest BCUT2D eigenvalue weighted by Crippen LogP contribution is 2.22. The van der Waals surface area contributed by atoms with Crippen LogP contribution in [0.2, 0.25) is 0 Å². The van der Waals surface area contributed by atoms with Crippen molar-refractivity contribution in [3.63, 3.8) is 0 Å². The quantitative estimate of drug-likeness (QED) is 0.630. The summed E-state index contributed by atoms with van der Waals surface area (Å²) in [7, 11) is 0. The lowest BCUT2D eigenvalue weighted by molar-refractivity contribution is 0.0651. The van der Waals surface area contributed by atoms with Crippen LogP contribution in [0.5, 0.6) is 0 Å². The fourth-order valence-electron chi connectivity index (χ4n) is 2.59. The van der Waals surface area contributed by atoms with Crippen molar-refractivity contribution < 1.29 is 14.0 Å². The third kappa shape index (κ3) is 2.94. The topological polar surface area (TPSA) is 62.6 Å². The first-order chi connectivity index (χ1) is 10.8. The van der Waals surface area contributed by atoms with Crippen molar-refractivity contribution in [2.75, 3.05) is 13.1 Å². The van der Waals surface area contributed by atoms with Crippen LogP contribution in [0, 0.1) is 0 Å². The Kier molecular flexibility index (Phi) is 4.34. The van der Waals surface area contributed by atoms with Crippen LogP contribution in [-0.2, 0) is 6.54 Å². The number of hydrogen-bond donors (Lipinski definition) is 1. The summed E-state index contributed by atoms with van der Waals surface area (Å²) in [6, 6.07) is 10.8. The molecule has 1 N–H and O–H groups in total. The number of amides is 2. The summed E-state index contributed by atoms with van der Waals surface area (Å²) in [5.41, 5.74) is 1.03. The van der Waals surface area contributed by atoms with Crippen LogP contribution in [-0.4, -0.2) is 29.8 Å². The van der Waals surface area contributed by atoms with Crippen molar-refractivity contribution >= 4 is 11.8 Å². The lowest BCUT2D eigenvalue weighted by Gasteiger charge is -2.13. The summed E-state index contributed by atoms with van der Waals surface area (Å²) < 4.78 is 5.23. The normalized spacial score (nSPS) is 13.7. The molecule has 114 valence electrons. The molecule has 1 aromatic carbocycles. The average Bonchev–Trinajstić information content (AvgIpc) is 3.13. The second-order valence-electron chi connectivity index (χ2n) is 5.27. The molecule has 2 heterocycles. The van der Waals surface area contributed by atoms with Crippen molar-refractivity contribution in [1.82, 2.24) is 10.2 Å². The van der Waals surface area contributed by atoms with Crippen molar-refractivity contribution in [2.45, 2.75) is 19.4 Å². The summed E-state index contributed by atoms with van der Waals surface area (Å²) in [5, 5.41) is 3.27. The van der Waals surface area contributed by atoms with E-state index >= 15 is 0 Å². The average molecular weight is 298 g/mol. The standard InChI is InChI=1S/C17H18N2O3/c20-16-14-7-1-2-8-15(14)17(21)19(16)10-4-3-9-18-12-13-6-5-11-22-13/h1-2,5-8,11,18H,3-4,9-10,12H2. The molecule has 0 saturated heterocycles. The van der Waals surface area contributed by atoms with Gasteiger partial charge in [0.05, 0.1) is 23.9 Å². The van der Waals surface area contributed by atoms with Gasteiger partial charge in [0.2, 0.25) is 0 Å². The number of carbonyl (C=O) groups is 2. The van der Waals surface area contributed by atoms with Crippen LogP contribution in [0.1, 0.15) is 39.3 Å². The third-order valence-corrected chi connectivity index (χ3v) is 3.74. The van der Waals surface area contributed by atoms with E-state index < -0.39 is 0 Å². The van der Waals surface area contributed by atoms with Gasteiger partial charge in [-0.25, -0.2) is 0 Å². The van der Waals surface area contributed by atoms with Gasteiger partial charge in [0.15, 0.2) is 0 Å². The number of rotatable bonds is 7. The minimum atomic E-state index is -0.177. The van der Waals surface area contributed by atoms with Crippen molar-refractivity contribution in [2.24, 2.45) is 0 Å². The van der Waals surface area contributed by atoms with E-state index in [1.807, 2.05) is 12.1 Å². The van der Waals surface area contributed by atoms with Crippen LogP contribution < -0.4 is 5.32 Å². The summed E-state index contributed by atoms with van der Waals surface area (Å²) in [5.74, 6) is 0.550. The molecule has 0 spiro atoms. The molecule has 0 unspecified atom stereocenters. The van der Waals surface area contributed by atoms with E-state index in [2.05, 4.69) is 5.32 Å². The minimum Gasteiger partial charge on any atom is -0.468 e. The maximum atomic E-state index is 12.2. The molecule has 0 atom stereocenters. The Morgan fingerprint density at radius 2 is 1.68 bits per heavy atom. The fraction of sp³-hybridized carbons (Fsp3) is 0.294. The Morgan fingerprint density at radius 1 is 0.955 bits per heavy atom. The highest BCUT2D eigenvalue weighted by Gasteiger charge is 2.34. The maximum absolute atomic E-state index is 12.2. The highest BCUT2D eigenvalue weighted by molar-refractivity contribution is 6.21. The number of nitrogens with zero attached hydrogens (tertiary/aromatic N) is 1. The molecule has 0 fully saturated rings. The first-order valence-corrected chi connectivity index (χ1v) is 7.45. The lowest BCUT2D eigenvalue weighted by atomic mass is 10.1. The number of nitrogens with one attached hydrogen (secondary N) is 1. The van der Waals surface area contributed by atoms with E-state index in [9.17, 15) is 9.59 Å². The second-order valence-corrected chi connectivity index (χ2v) is 5.27. The molecule has 0 saturated carbocycles. The Bertz CT molecular complexity index is 629. The van der Waals surface area contributed by atoms with Gasteiger partial charge in [0.25, 0.3) is 11.8 Å². The zero-order valence-corrected chi connectivity index (χ0v) is 12.2. The molecule has 1 aliphatic heterocycles. The van der Waals surface area contributed by atoms with Gasteiger partial charge in [-0.1, -0.05) is 12.1 Å². The van der Waals surface area contributed by atoms with Crippen molar-refractivity contribution in [1.29, 1.82) is 0 Å².